The number of ether oxygens (including phenoxy) is 1. The molecule has 8 heteroatoms. The number of aromatic amines is 1. The maximum Gasteiger partial charge on any atom is 0.278 e. The SMILES string of the molecule is CCCN1CN([C@H]2CC[C@@H](CO)O2)c2nc(N)[nH]c(=O)c21. The van der Waals surface area contributed by atoms with E-state index in [4.69, 9.17) is 10.5 Å². The lowest BCUT2D eigenvalue weighted by molar-refractivity contribution is 0.0111. The molecule has 1 fully saturated rings. The summed E-state index contributed by atoms with van der Waals surface area (Å²) in [7, 11) is 0. The van der Waals surface area contributed by atoms with Crippen molar-refractivity contribution in [1.29, 1.82) is 0 Å². The molecule has 1 aromatic heterocycles. The third-order valence-electron chi connectivity index (χ3n) is 3.94. The number of anilines is 3. The number of nitrogens with zero attached hydrogens (tertiary/aromatic N) is 3. The van der Waals surface area contributed by atoms with Crippen molar-refractivity contribution in [2.24, 2.45) is 0 Å². The van der Waals surface area contributed by atoms with Gasteiger partial charge in [0.05, 0.1) is 19.4 Å². The molecule has 0 saturated carbocycles. The Bertz CT molecular complexity index is 575. The number of aliphatic hydroxyl groups is 1. The van der Waals surface area contributed by atoms with Crippen LogP contribution in [-0.4, -0.2) is 47.2 Å². The summed E-state index contributed by atoms with van der Waals surface area (Å²) in [5, 5.41) is 9.20. The maximum absolute atomic E-state index is 12.2. The van der Waals surface area contributed by atoms with E-state index in [0.717, 1.165) is 25.8 Å². The number of rotatable bonds is 4. The molecule has 3 heterocycles. The number of H-pyrrole nitrogens is 1. The number of nitrogens with one attached hydrogen (secondary N) is 1. The van der Waals surface area contributed by atoms with Crippen molar-refractivity contribution in [1.82, 2.24) is 9.97 Å². The monoisotopic (exact) mass is 295 g/mol. The van der Waals surface area contributed by atoms with E-state index in [2.05, 4.69) is 16.9 Å². The fraction of sp³-hybridized carbons (Fsp3) is 0.692. The van der Waals surface area contributed by atoms with Crippen LogP contribution in [0.5, 0.6) is 0 Å². The average molecular weight is 295 g/mol. The molecule has 0 bridgehead atoms. The summed E-state index contributed by atoms with van der Waals surface area (Å²) < 4.78 is 5.81. The molecule has 1 saturated heterocycles. The van der Waals surface area contributed by atoms with Crippen LogP contribution in [0, 0.1) is 0 Å². The van der Waals surface area contributed by atoms with Crippen molar-refractivity contribution >= 4 is 17.5 Å². The van der Waals surface area contributed by atoms with Crippen LogP contribution in [0.15, 0.2) is 4.79 Å². The third kappa shape index (κ3) is 2.44. The zero-order valence-corrected chi connectivity index (χ0v) is 12.1. The van der Waals surface area contributed by atoms with Crippen LogP contribution >= 0.6 is 0 Å². The zero-order valence-electron chi connectivity index (χ0n) is 12.1. The van der Waals surface area contributed by atoms with Gasteiger partial charge in [-0.25, -0.2) is 0 Å². The second-order valence-corrected chi connectivity index (χ2v) is 5.47. The fourth-order valence-corrected chi connectivity index (χ4v) is 3.01. The highest BCUT2D eigenvalue weighted by molar-refractivity contribution is 5.72. The second kappa shape index (κ2) is 5.53. The quantitative estimate of drug-likeness (QED) is 0.708. The van der Waals surface area contributed by atoms with Crippen molar-refractivity contribution in [3.8, 4) is 0 Å². The third-order valence-corrected chi connectivity index (χ3v) is 3.94. The minimum atomic E-state index is -0.217. The number of fused-ring (bicyclic) bond motifs is 1. The van der Waals surface area contributed by atoms with Gasteiger partial charge >= 0.3 is 0 Å². The molecule has 0 aliphatic carbocycles. The van der Waals surface area contributed by atoms with Crippen molar-refractivity contribution < 1.29 is 9.84 Å². The first-order valence-electron chi connectivity index (χ1n) is 7.31. The van der Waals surface area contributed by atoms with Gasteiger partial charge in [-0.15, -0.1) is 0 Å². The van der Waals surface area contributed by atoms with Crippen molar-refractivity contribution in [2.45, 2.75) is 38.5 Å². The molecular weight excluding hydrogens is 274 g/mol. The Morgan fingerprint density at radius 3 is 3.00 bits per heavy atom. The Morgan fingerprint density at radius 2 is 2.33 bits per heavy atom. The maximum atomic E-state index is 12.2. The average Bonchev–Trinajstić information content (AvgIpc) is 3.03. The zero-order chi connectivity index (χ0) is 15.0. The molecule has 116 valence electrons. The number of aliphatic hydroxyl groups excluding tert-OH is 1. The highest BCUT2D eigenvalue weighted by atomic mass is 16.5. The second-order valence-electron chi connectivity index (χ2n) is 5.47. The first kappa shape index (κ1) is 14.2. The molecule has 2 aliphatic heterocycles. The molecule has 4 N–H and O–H groups in total. The molecular formula is C13H21N5O3. The van der Waals surface area contributed by atoms with Crippen LogP contribution in [0.1, 0.15) is 26.2 Å². The molecule has 0 radical (unpaired) electrons. The topological polar surface area (TPSA) is 108 Å². The van der Waals surface area contributed by atoms with Gasteiger partial charge in [-0.3, -0.25) is 9.78 Å². The van der Waals surface area contributed by atoms with E-state index in [1.54, 1.807) is 0 Å². The minimum absolute atomic E-state index is 0.0147. The number of nitrogens with two attached hydrogens (primary N) is 1. The summed E-state index contributed by atoms with van der Waals surface area (Å²) in [5.41, 5.74) is 6.01. The fourth-order valence-electron chi connectivity index (χ4n) is 3.01. The predicted octanol–water partition coefficient (Wildman–Crippen LogP) is -0.157. The minimum Gasteiger partial charge on any atom is -0.394 e. The summed E-state index contributed by atoms with van der Waals surface area (Å²) in [6.07, 6.45) is 2.23. The summed E-state index contributed by atoms with van der Waals surface area (Å²) >= 11 is 0. The largest absolute Gasteiger partial charge is 0.394 e. The van der Waals surface area contributed by atoms with Gasteiger partial charge in [0.15, 0.2) is 5.82 Å². The Morgan fingerprint density at radius 1 is 1.52 bits per heavy atom. The van der Waals surface area contributed by atoms with Crippen molar-refractivity contribution in [3.63, 3.8) is 0 Å². The van der Waals surface area contributed by atoms with Crippen LogP contribution < -0.4 is 21.1 Å². The summed E-state index contributed by atoms with van der Waals surface area (Å²) in [4.78, 5) is 23.0. The smallest absolute Gasteiger partial charge is 0.278 e. The number of aromatic nitrogens is 2. The lowest BCUT2D eigenvalue weighted by Gasteiger charge is -2.26. The van der Waals surface area contributed by atoms with E-state index < -0.39 is 0 Å². The van der Waals surface area contributed by atoms with Gasteiger partial charge in [-0.2, -0.15) is 4.98 Å². The molecule has 21 heavy (non-hydrogen) atoms. The Labute approximate surface area is 122 Å². The van der Waals surface area contributed by atoms with Gasteiger partial charge in [0.2, 0.25) is 5.95 Å². The van der Waals surface area contributed by atoms with E-state index >= 15 is 0 Å². The Hall–Kier alpha value is -1.80. The Balaban J connectivity index is 1.93. The van der Waals surface area contributed by atoms with Gasteiger partial charge in [-0.1, -0.05) is 6.92 Å². The molecule has 0 amide bonds. The van der Waals surface area contributed by atoms with Crippen molar-refractivity contribution in [3.05, 3.63) is 10.4 Å². The lowest BCUT2D eigenvalue weighted by atomic mass is 10.2. The number of hydrogen-bond donors (Lipinski definition) is 3. The number of hydrogen-bond acceptors (Lipinski definition) is 7. The normalized spacial score (nSPS) is 24.7. The molecule has 0 unspecified atom stereocenters. The van der Waals surface area contributed by atoms with E-state index in [0.29, 0.717) is 18.2 Å². The highest BCUT2D eigenvalue weighted by Gasteiger charge is 2.38. The van der Waals surface area contributed by atoms with Crippen LogP contribution in [0.4, 0.5) is 17.5 Å². The number of nitrogen functional groups attached to an aromatic ring is 1. The van der Waals surface area contributed by atoms with Gasteiger partial charge in [0.1, 0.15) is 11.9 Å². The molecule has 0 aromatic carbocycles. The predicted molar refractivity (Wildman–Crippen MR) is 79.2 cm³/mol. The van der Waals surface area contributed by atoms with E-state index in [1.807, 2.05) is 9.80 Å². The first-order valence-corrected chi connectivity index (χ1v) is 7.31. The summed E-state index contributed by atoms with van der Waals surface area (Å²) in [6, 6.07) is 0. The standard InChI is InChI=1S/C13H21N5O3/c1-2-5-17-7-18(9-4-3-8(6-19)21-9)11-10(17)12(20)16-13(14)15-11/h8-9,19H,2-7H2,1H3,(H3,14,15,16,20)/t8-,9+/m0/s1. The van der Waals surface area contributed by atoms with Crippen LogP contribution in [-0.2, 0) is 4.74 Å². The van der Waals surface area contributed by atoms with Crippen LogP contribution in [0.2, 0.25) is 0 Å². The van der Waals surface area contributed by atoms with E-state index in [-0.39, 0.29) is 30.4 Å². The Kier molecular flexibility index (Phi) is 3.73. The molecule has 0 spiro atoms. The molecule has 3 rings (SSSR count). The van der Waals surface area contributed by atoms with Crippen molar-refractivity contribution in [2.75, 3.05) is 35.4 Å². The summed E-state index contributed by atoms with van der Waals surface area (Å²) in [5.74, 6) is 0.687. The van der Waals surface area contributed by atoms with Crippen LogP contribution in [0.25, 0.3) is 0 Å². The molecule has 8 nitrogen and oxygen atoms in total. The van der Waals surface area contributed by atoms with Crippen LogP contribution in [0.3, 0.4) is 0 Å². The van der Waals surface area contributed by atoms with E-state index in [1.165, 1.54) is 0 Å². The molecule has 1 aromatic rings. The summed E-state index contributed by atoms with van der Waals surface area (Å²) in [6.45, 7) is 3.41. The lowest BCUT2D eigenvalue weighted by Crippen LogP contribution is -2.39. The first-order chi connectivity index (χ1) is 10.1. The molecule has 2 aliphatic rings. The van der Waals surface area contributed by atoms with Gasteiger partial charge in [0, 0.05) is 6.54 Å². The highest BCUT2D eigenvalue weighted by Crippen LogP contribution is 2.36. The molecule has 2 atom stereocenters. The van der Waals surface area contributed by atoms with Gasteiger partial charge < -0.3 is 25.4 Å². The van der Waals surface area contributed by atoms with Gasteiger partial charge in [-0.05, 0) is 19.3 Å². The van der Waals surface area contributed by atoms with Gasteiger partial charge in [0.25, 0.3) is 5.56 Å². The van der Waals surface area contributed by atoms with E-state index in [9.17, 15) is 9.90 Å².